The number of carbonyl (C=O) groups is 1. The van der Waals surface area contributed by atoms with Crippen molar-refractivity contribution < 1.29 is 23.1 Å². The second kappa shape index (κ2) is 10.8. The summed E-state index contributed by atoms with van der Waals surface area (Å²) in [6, 6.07) is 18.6. The highest BCUT2D eigenvalue weighted by Gasteiger charge is 2.18. The Bertz CT molecular complexity index is 1270. The number of nitrogens with one attached hydrogen (secondary N) is 1. The zero-order valence-electron chi connectivity index (χ0n) is 19.2. The van der Waals surface area contributed by atoms with Crippen LogP contribution in [0, 0.1) is 6.92 Å². The maximum Gasteiger partial charge on any atom is 0.271 e. The van der Waals surface area contributed by atoms with Crippen LogP contribution in [-0.4, -0.2) is 38.5 Å². The van der Waals surface area contributed by atoms with Crippen molar-refractivity contribution in [3.63, 3.8) is 0 Å². The Hall–Kier alpha value is -3.85. The van der Waals surface area contributed by atoms with Crippen LogP contribution in [0.4, 0.5) is 5.69 Å². The van der Waals surface area contributed by atoms with Crippen LogP contribution >= 0.6 is 0 Å². The summed E-state index contributed by atoms with van der Waals surface area (Å²) < 4.78 is 31.4. The minimum atomic E-state index is -3.53. The molecule has 9 heteroatoms. The number of amides is 1. The predicted molar refractivity (Wildman–Crippen MR) is 133 cm³/mol. The number of aryl methyl sites for hydroxylation is 1. The molecule has 0 radical (unpaired) electrons. The van der Waals surface area contributed by atoms with Gasteiger partial charge in [-0.05, 0) is 67.4 Å². The first-order valence-corrected chi connectivity index (χ1v) is 12.4. The molecular weight excluding hydrogens is 454 g/mol. The molecule has 1 amide bonds. The highest BCUT2D eigenvalue weighted by atomic mass is 32.2. The number of sulfonamides is 1. The number of rotatable bonds is 9. The van der Waals surface area contributed by atoms with Gasteiger partial charge in [-0.1, -0.05) is 29.8 Å². The Morgan fingerprint density at radius 3 is 2.38 bits per heavy atom. The van der Waals surface area contributed by atoms with Crippen molar-refractivity contribution in [2.24, 2.45) is 5.10 Å². The van der Waals surface area contributed by atoms with E-state index in [1.54, 1.807) is 36.4 Å². The Morgan fingerprint density at radius 2 is 1.76 bits per heavy atom. The SMILES string of the molecule is CCOc1cc(/C=N\NC(=O)c2ccc(N(Cc3ccc(C)cc3)S(C)(=O)=O)cc2)ccc1O. The zero-order valence-corrected chi connectivity index (χ0v) is 20.0. The lowest BCUT2D eigenvalue weighted by atomic mass is 10.1. The second-order valence-corrected chi connectivity index (χ2v) is 9.57. The second-order valence-electron chi connectivity index (χ2n) is 7.66. The fourth-order valence-electron chi connectivity index (χ4n) is 3.15. The van der Waals surface area contributed by atoms with Crippen LogP contribution in [-0.2, 0) is 16.6 Å². The normalized spacial score (nSPS) is 11.4. The fourth-order valence-corrected chi connectivity index (χ4v) is 4.04. The van der Waals surface area contributed by atoms with Crippen molar-refractivity contribution in [3.8, 4) is 11.5 Å². The molecule has 0 aliphatic carbocycles. The molecule has 0 spiro atoms. The van der Waals surface area contributed by atoms with Crippen LogP contribution < -0.4 is 14.5 Å². The summed E-state index contributed by atoms with van der Waals surface area (Å²) in [4.78, 5) is 12.4. The Morgan fingerprint density at radius 1 is 1.09 bits per heavy atom. The van der Waals surface area contributed by atoms with Gasteiger partial charge in [0, 0.05) is 5.56 Å². The van der Waals surface area contributed by atoms with E-state index in [0.717, 1.165) is 17.4 Å². The number of phenols is 1. The van der Waals surface area contributed by atoms with Gasteiger partial charge in [-0.15, -0.1) is 0 Å². The molecule has 3 aromatic carbocycles. The van der Waals surface area contributed by atoms with Crippen LogP contribution in [0.3, 0.4) is 0 Å². The van der Waals surface area contributed by atoms with Gasteiger partial charge in [0.25, 0.3) is 5.91 Å². The molecule has 0 aliphatic rings. The number of aromatic hydroxyl groups is 1. The molecule has 0 heterocycles. The minimum absolute atomic E-state index is 0.0219. The number of hydrogen-bond donors (Lipinski definition) is 2. The van der Waals surface area contributed by atoms with Crippen LogP contribution in [0.1, 0.15) is 34.0 Å². The average Bonchev–Trinajstić information content (AvgIpc) is 2.80. The lowest BCUT2D eigenvalue weighted by Crippen LogP contribution is -2.29. The summed E-state index contributed by atoms with van der Waals surface area (Å²) >= 11 is 0. The third kappa shape index (κ3) is 6.58. The largest absolute Gasteiger partial charge is 0.504 e. The Balaban J connectivity index is 1.69. The predicted octanol–water partition coefficient (Wildman–Crippen LogP) is 3.83. The van der Waals surface area contributed by atoms with Crippen molar-refractivity contribution in [2.45, 2.75) is 20.4 Å². The van der Waals surface area contributed by atoms with E-state index in [0.29, 0.717) is 29.2 Å². The number of hydrazone groups is 1. The number of ether oxygens (including phenoxy) is 1. The number of anilines is 1. The molecule has 3 rings (SSSR count). The van der Waals surface area contributed by atoms with E-state index < -0.39 is 15.9 Å². The summed E-state index contributed by atoms with van der Waals surface area (Å²) in [5, 5.41) is 13.7. The molecule has 0 aliphatic heterocycles. The van der Waals surface area contributed by atoms with Crippen LogP contribution in [0.25, 0.3) is 0 Å². The van der Waals surface area contributed by atoms with Crippen LogP contribution in [0.2, 0.25) is 0 Å². The summed E-state index contributed by atoms with van der Waals surface area (Å²) in [6.07, 6.45) is 2.58. The monoisotopic (exact) mass is 481 g/mol. The third-order valence-corrected chi connectivity index (χ3v) is 6.07. The average molecular weight is 482 g/mol. The topological polar surface area (TPSA) is 108 Å². The van der Waals surface area contributed by atoms with Crippen molar-refractivity contribution >= 4 is 27.8 Å². The minimum Gasteiger partial charge on any atom is -0.504 e. The molecule has 0 saturated heterocycles. The quantitative estimate of drug-likeness (QED) is 0.357. The molecule has 0 fully saturated rings. The van der Waals surface area contributed by atoms with Gasteiger partial charge in [-0.2, -0.15) is 5.10 Å². The molecule has 178 valence electrons. The van der Waals surface area contributed by atoms with E-state index in [-0.39, 0.29) is 12.3 Å². The number of benzene rings is 3. The maximum absolute atomic E-state index is 12.4. The molecule has 2 N–H and O–H groups in total. The molecule has 0 aromatic heterocycles. The molecule has 3 aromatic rings. The molecule has 0 bridgehead atoms. The molecule has 0 unspecified atom stereocenters. The zero-order chi connectivity index (χ0) is 24.7. The van der Waals surface area contributed by atoms with Gasteiger partial charge in [-0.3, -0.25) is 9.10 Å². The van der Waals surface area contributed by atoms with E-state index in [1.807, 2.05) is 38.1 Å². The van der Waals surface area contributed by atoms with E-state index >= 15 is 0 Å². The highest BCUT2D eigenvalue weighted by molar-refractivity contribution is 7.92. The molecule has 34 heavy (non-hydrogen) atoms. The Kier molecular flexibility index (Phi) is 7.91. The Labute approximate surface area is 199 Å². The van der Waals surface area contributed by atoms with E-state index in [9.17, 15) is 18.3 Å². The molecule has 8 nitrogen and oxygen atoms in total. The summed E-state index contributed by atoms with van der Waals surface area (Å²) in [5.74, 6) is -0.0980. The van der Waals surface area contributed by atoms with Gasteiger partial charge in [0.15, 0.2) is 11.5 Å². The summed E-state index contributed by atoms with van der Waals surface area (Å²) in [5.41, 5.74) is 5.79. The van der Waals surface area contributed by atoms with Crippen molar-refractivity contribution in [3.05, 3.63) is 89.0 Å². The lowest BCUT2D eigenvalue weighted by molar-refractivity contribution is 0.0955. The van der Waals surface area contributed by atoms with Gasteiger partial charge >= 0.3 is 0 Å². The first-order valence-electron chi connectivity index (χ1n) is 10.6. The molecular formula is C25H27N3O5S. The molecule has 0 atom stereocenters. The number of hydrogen-bond acceptors (Lipinski definition) is 6. The number of carbonyl (C=O) groups excluding carboxylic acids is 1. The smallest absolute Gasteiger partial charge is 0.271 e. The van der Waals surface area contributed by atoms with Crippen molar-refractivity contribution in [1.29, 1.82) is 0 Å². The first kappa shape index (κ1) is 24.8. The van der Waals surface area contributed by atoms with Gasteiger partial charge in [0.1, 0.15) is 0 Å². The van der Waals surface area contributed by atoms with Crippen molar-refractivity contribution in [2.75, 3.05) is 17.2 Å². The maximum atomic E-state index is 12.4. The van der Waals surface area contributed by atoms with Crippen LogP contribution in [0.5, 0.6) is 11.5 Å². The summed E-state index contributed by atoms with van der Waals surface area (Å²) in [7, 11) is -3.53. The number of nitrogens with zero attached hydrogens (tertiary/aromatic N) is 2. The highest BCUT2D eigenvalue weighted by Crippen LogP contribution is 2.26. The van der Waals surface area contributed by atoms with Crippen molar-refractivity contribution in [1.82, 2.24) is 5.43 Å². The number of phenolic OH excluding ortho intramolecular Hbond substituents is 1. The first-order chi connectivity index (χ1) is 16.2. The summed E-state index contributed by atoms with van der Waals surface area (Å²) in [6.45, 7) is 4.37. The van der Waals surface area contributed by atoms with E-state index in [4.69, 9.17) is 4.74 Å². The van der Waals surface area contributed by atoms with Gasteiger partial charge < -0.3 is 9.84 Å². The standard InChI is InChI=1S/C25H27N3O5S/c1-4-33-24-15-20(9-14-23(24)29)16-26-27-25(30)21-10-12-22(13-11-21)28(34(3,31)32)17-19-7-5-18(2)6-8-19/h5-16,29H,4,17H2,1-3H3,(H,27,30)/b26-16-. The van der Waals surface area contributed by atoms with Crippen LogP contribution in [0.15, 0.2) is 71.8 Å². The third-order valence-electron chi connectivity index (χ3n) is 4.93. The van der Waals surface area contributed by atoms with Gasteiger partial charge in [0.05, 0.1) is 31.3 Å². The van der Waals surface area contributed by atoms with E-state index in [2.05, 4.69) is 10.5 Å². The van der Waals surface area contributed by atoms with Gasteiger partial charge in [0.2, 0.25) is 10.0 Å². The fraction of sp³-hybridized carbons (Fsp3) is 0.200. The van der Waals surface area contributed by atoms with Gasteiger partial charge in [-0.25, -0.2) is 13.8 Å². The molecule has 0 saturated carbocycles. The van der Waals surface area contributed by atoms with E-state index in [1.165, 1.54) is 16.6 Å². The lowest BCUT2D eigenvalue weighted by Gasteiger charge is -2.22.